The van der Waals surface area contributed by atoms with Crippen molar-refractivity contribution in [2.24, 2.45) is 5.16 Å². The van der Waals surface area contributed by atoms with E-state index in [1.165, 1.54) is 28.5 Å². The van der Waals surface area contributed by atoms with Crippen LogP contribution >= 0.6 is 0 Å². The van der Waals surface area contributed by atoms with E-state index in [-0.39, 0.29) is 0 Å². The van der Waals surface area contributed by atoms with Gasteiger partial charge in [0.05, 0.1) is 6.21 Å². The van der Waals surface area contributed by atoms with Crippen molar-refractivity contribution < 1.29 is 5.21 Å². The second kappa shape index (κ2) is 3.49. The Balaban J connectivity index is 2.18. The highest BCUT2D eigenvalue weighted by molar-refractivity contribution is 5.85. The van der Waals surface area contributed by atoms with Crippen LogP contribution in [-0.4, -0.2) is 11.4 Å². The third-order valence-electron chi connectivity index (χ3n) is 3.03. The first-order valence-electron chi connectivity index (χ1n) is 5.27. The molecule has 0 unspecified atom stereocenters. The number of benzene rings is 2. The first-order valence-corrected chi connectivity index (χ1v) is 5.27. The fourth-order valence-electron chi connectivity index (χ4n) is 2.29. The zero-order valence-corrected chi connectivity index (χ0v) is 8.72. The van der Waals surface area contributed by atoms with Crippen molar-refractivity contribution in [3.63, 3.8) is 0 Å². The maximum absolute atomic E-state index is 8.53. The molecule has 0 spiro atoms. The second-order valence-electron chi connectivity index (χ2n) is 4.00. The van der Waals surface area contributed by atoms with Crippen LogP contribution in [0.15, 0.2) is 47.6 Å². The Labute approximate surface area is 93.9 Å². The van der Waals surface area contributed by atoms with Crippen molar-refractivity contribution >= 4 is 6.21 Å². The highest BCUT2D eigenvalue weighted by Crippen LogP contribution is 2.36. The zero-order valence-electron chi connectivity index (χ0n) is 8.72. The van der Waals surface area contributed by atoms with Gasteiger partial charge in [-0.05, 0) is 40.3 Å². The van der Waals surface area contributed by atoms with Gasteiger partial charge in [-0.3, -0.25) is 0 Å². The van der Waals surface area contributed by atoms with E-state index in [4.69, 9.17) is 5.21 Å². The SMILES string of the molecule is O/N=C\c1ccc2c(c1)-c1ccccc1C2. The Kier molecular flexibility index (Phi) is 2.00. The summed E-state index contributed by atoms with van der Waals surface area (Å²) in [6, 6.07) is 14.6. The zero-order chi connectivity index (χ0) is 11.0. The molecule has 0 heterocycles. The maximum Gasteiger partial charge on any atom is 0.0734 e. The molecule has 2 aromatic rings. The molecule has 1 aliphatic rings. The van der Waals surface area contributed by atoms with Gasteiger partial charge in [-0.15, -0.1) is 0 Å². The first kappa shape index (κ1) is 9.16. The van der Waals surface area contributed by atoms with Crippen LogP contribution in [0.2, 0.25) is 0 Å². The third-order valence-corrected chi connectivity index (χ3v) is 3.03. The summed E-state index contributed by atoms with van der Waals surface area (Å²) in [7, 11) is 0. The van der Waals surface area contributed by atoms with Crippen molar-refractivity contribution in [2.45, 2.75) is 6.42 Å². The number of nitrogens with zero attached hydrogens (tertiary/aromatic N) is 1. The minimum absolute atomic E-state index is 0.929. The topological polar surface area (TPSA) is 32.6 Å². The fourth-order valence-corrected chi connectivity index (χ4v) is 2.29. The predicted octanol–water partition coefficient (Wildman–Crippen LogP) is 3.07. The number of rotatable bonds is 1. The number of hydrogen-bond acceptors (Lipinski definition) is 2. The molecule has 0 aromatic heterocycles. The molecule has 0 amide bonds. The minimum Gasteiger partial charge on any atom is -0.411 e. The summed E-state index contributed by atoms with van der Waals surface area (Å²) in [5.41, 5.74) is 6.20. The Hall–Kier alpha value is -2.09. The van der Waals surface area contributed by atoms with E-state index in [1.54, 1.807) is 0 Å². The number of fused-ring (bicyclic) bond motifs is 3. The van der Waals surface area contributed by atoms with Gasteiger partial charge in [0.1, 0.15) is 0 Å². The first-order chi connectivity index (χ1) is 7.88. The Bertz CT molecular complexity index is 573. The van der Waals surface area contributed by atoms with Gasteiger partial charge in [0.2, 0.25) is 0 Å². The van der Waals surface area contributed by atoms with E-state index >= 15 is 0 Å². The molecule has 2 heteroatoms. The van der Waals surface area contributed by atoms with Gasteiger partial charge in [0, 0.05) is 0 Å². The third kappa shape index (κ3) is 1.31. The van der Waals surface area contributed by atoms with Crippen LogP contribution in [0.3, 0.4) is 0 Å². The molecule has 16 heavy (non-hydrogen) atoms. The van der Waals surface area contributed by atoms with Crippen LogP contribution in [0.5, 0.6) is 0 Å². The van der Waals surface area contributed by atoms with E-state index in [0.717, 1.165) is 12.0 Å². The van der Waals surface area contributed by atoms with Crippen LogP contribution < -0.4 is 0 Å². The van der Waals surface area contributed by atoms with Gasteiger partial charge in [0.15, 0.2) is 0 Å². The molecular formula is C14H11NO. The summed E-state index contributed by atoms with van der Waals surface area (Å²) >= 11 is 0. The van der Waals surface area contributed by atoms with E-state index in [2.05, 4.69) is 41.6 Å². The molecule has 1 aliphatic carbocycles. The standard InChI is InChI=1S/C14H11NO/c16-15-9-10-5-6-12-8-11-3-1-2-4-13(11)14(12)7-10/h1-7,9,16H,8H2/b15-9-. The van der Waals surface area contributed by atoms with Crippen LogP contribution in [-0.2, 0) is 6.42 Å². The van der Waals surface area contributed by atoms with Crippen molar-refractivity contribution in [1.29, 1.82) is 0 Å². The molecule has 0 aliphatic heterocycles. The maximum atomic E-state index is 8.53. The molecular weight excluding hydrogens is 198 g/mol. The lowest BCUT2D eigenvalue weighted by molar-refractivity contribution is 0.322. The predicted molar refractivity (Wildman–Crippen MR) is 64.1 cm³/mol. The van der Waals surface area contributed by atoms with Crippen molar-refractivity contribution in [1.82, 2.24) is 0 Å². The van der Waals surface area contributed by atoms with Gasteiger partial charge in [-0.1, -0.05) is 41.6 Å². The summed E-state index contributed by atoms with van der Waals surface area (Å²) in [5.74, 6) is 0. The lowest BCUT2D eigenvalue weighted by Gasteiger charge is -2.01. The van der Waals surface area contributed by atoms with Crippen molar-refractivity contribution in [3.05, 3.63) is 59.2 Å². The lowest BCUT2D eigenvalue weighted by atomic mass is 10.0. The van der Waals surface area contributed by atoms with Crippen LogP contribution in [0.1, 0.15) is 16.7 Å². The molecule has 0 saturated heterocycles. The average Bonchev–Trinajstić information content (AvgIpc) is 2.68. The number of oxime groups is 1. The van der Waals surface area contributed by atoms with E-state index in [9.17, 15) is 0 Å². The average molecular weight is 209 g/mol. The Morgan fingerprint density at radius 1 is 1.00 bits per heavy atom. The quantitative estimate of drug-likeness (QED) is 0.373. The molecule has 1 N–H and O–H groups in total. The van der Waals surface area contributed by atoms with Gasteiger partial charge in [-0.25, -0.2) is 0 Å². The minimum atomic E-state index is 0.929. The Morgan fingerprint density at radius 3 is 2.69 bits per heavy atom. The van der Waals surface area contributed by atoms with Gasteiger partial charge >= 0.3 is 0 Å². The number of hydrogen-bond donors (Lipinski definition) is 1. The highest BCUT2D eigenvalue weighted by atomic mass is 16.4. The summed E-state index contributed by atoms with van der Waals surface area (Å²) in [6.45, 7) is 0. The van der Waals surface area contributed by atoms with E-state index in [0.29, 0.717) is 0 Å². The van der Waals surface area contributed by atoms with Crippen LogP contribution in [0.4, 0.5) is 0 Å². The van der Waals surface area contributed by atoms with Crippen LogP contribution in [0.25, 0.3) is 11.1 Å². The van der Waals surface area contributed by atoms with Crippen molar-refractivity contribution in [3.8, 4) is 11.1 Å². The summed E-state index contributed by atoms with van der Waals surface area (Å²) in [4.78, 5) is 0. The molecule has 0 fully saturated rings. The lowest BCUT2D eigenvalue weighted by Crippen LogP contribution is -1.84. The molecule has 2 nitrogen and oxygen atoms in total. The molecule has 2 aromatic carbocycles. The molecule has 0 saturated carbocycles. The summed E-state index contributed by atoms with van der Waals surface area (Å²) < 4.78 is 0. The van der Waals surface area contributed by atoms with Gasteiger partial charge in [0.25, 0.3) is 0 Å². The van der Waals surface area contributed by atoms with Gasteiger partial charge < -0.3 is 5.21 Å². The molecule has 3 rings (SSSR count). The second-order valence-corrected chi connectivity index (χ2v) is 4.00. The summed E-state index contributed by atoms with van der Waals surface area (Å²) in [6.07, 6.45) is 2.46. The molecule has 0 radical (unpaired) electrons. The normalized spacial score (nSPS) is 12.8. The van der Waals surface area contributed by atoms with E-state index < -0.39 is 0 Å². The fraction of sp³-hybridized carbons (Fsp3) is 0.0714. The van der Waals surface area contributed by atoms with Crippen LogP contribution in [0, 0.1) is 0 Å². The van der Waals surface area contributed by atoms with Gasteiger partial charge in [-0.2, -0.15) is 0 Å². The van der Waals surface area contributed by atoms with E-state index in [1.807, 2.05) is 6.07 Å². The smallest absolute Gasteiger partial charge is 0.0734 e. The summed E-state index contributed by atoms with van der Waals surface area (Å²) in [5, 5.41) is 11.6. The monoisotopic (exact) mass is 209 g/mol. The molecule has 0 atom stereocenters. The largest absolute Gasteiger partial charge is 0.411 e. The Morgan fingerprint density at radius 2 is 1.81 bits per heavy atom. The highest BCUT2D eigenvalue weighted by Gasteiger charge is 2.17. The van der Waals surface area contributed by atoms with Crippen molar-refractivity contribution in [2.75, 3.05) is 0 Å². The molecule has 78 valence electrons. The molecule has 0 bridgehead atoms.